The van der Waals surface area contributed by atoms with E-state index in [-0.39, 0.29) is 28.6 Å². The Hall–Kier alpha value is -2.05. The molecule has 0 aliphatic carbocycles. The third-order valence-corrected chi connectivity index (χ3v) is 6.35. The predicted octanol–water partition coefficient (Wildman–Crippen LogP) is 2.08. The van der Waals surface area contributed by atoms with Crippen molar-refractivity contribution in [3.05, 3.63) is 76.8 Å². The number of likely N-dealkylation sites (N-methyl/N-ethyl adjacent to an activating group) is 1. The van der Waals surface area contributed by atoms with Crippen LogP contribution < -0.4 is 26.4 Å². The second-order valence-corrected chi connectivity index (χ2v) is 8.20. The van der Waals surface area contributed by atoms with Crippen LogP contribution in [-0.2, 0) is 12.6 Å². The zero-order valence-corrected chi connectivity index (χ0v) is 18.3. The SMILES string of the molecule is Cc1c[n+](C)c(N=NC2c3ccccc3N(C)C2(C)c2ccccc2)s1.[Br-]. The van der Waals surface area contributed by atoms with Crippen LogP contribution in [0.4, 0.5) is 10.8 Å². The van der Waals surface area contributed by atoms with E-state index in [4.69, 9.17) is 5.11 Å². The van der Waals surface area contributed by atoms with Gasteiger partial charge in [0.15, 0.2) is 0 Å². The molecule has 1 aliphatic rings. The van der Waals surface area contributed by atoms with Crippen molar-refractivity contribution < 1.29 is 21.5 Å². The van der Waals surface area contributed by atoms with Gasteiger partial charge in [-0.1, -0.05) is 53.6 Å². The largest absolute Gasteiger partial charge is 1.00 e. The normalized spacial score (nSPS) is 21.3. The monoisotopic (exact) mass is 442 g/mol. The minimum atomic E-state index is -0.278. The fourth-order valence-electron chi connectivity index (χ4n) is 3.83. The van der Waals surface area contributed by atoms with Gasteiger partial charge in [0, 0.05) is 23.2 Å². The van der Waals surface area contributed by atoms with Crippen LogP contribution in [0.3, 0.4) is 0 Å². The molecule has 2 aromatic carbocycles. The van der Waals surface area contributed by atoms with E-state index in [1.54, 1.807) is 11.3 Å². The molecule has 0 fully saturated rings. The molecule has 4 rings (SSSR count). The maximum absolute atomic E-state index is 4.86. The number of para-hydroxylation sites is 1. The summed E-state index contributed by atoms with van der Waals surface area (Å²) in [6, 6.07) is 19.0. The summed E-state index contributed by atoms with van der Waals surface area (Å²) in [7, 11) is 4.17. The quantitative estimate of drug-likeness (QED) is 0.451. The van der Waals surface area contributed by atoms with Crippen LogP contribution in [0.1, 0.15) is 29.0 Å². The number of hydrogen-bond acceptors (Lipinski definition) is 4. The summed E-state index contributed by atoms with van der Waals surface area (Å²) in [6.07, 6.45) is 2.09. The second-order valence-electron chi connectivity index (χ2n) is 6.98. The third-order valence-electron chi connectivity index (χ3n) is 5.37. The highest BCUT2D eigenvalue weighted by Gasteiger charge is 2.49. The molecule has 0 saturated heterocycles. The molecular formula is C21H23BrN4S. The number of halogens is 1. The maximum Gasteiger partial charge on any atom is 0.408 e. The molecule has 27 heavy (non-hydrogen) atoms. The number of hydrogen-bond donors (Lipinski definition) is 0. The van der Waals surface area contributed by atoms with Crippen LogP contribution in [0.15, 0.2) is 71.0 Å². The van der Waals surface area contributed by atoms with Crippen molar-refractivity contribution in [2.45, 2.75) is 25.4 Å². The van der Waals surface area contributed by atoms with Crippen LogP contribution >= 0.6 is 11.3 Å². The van der Waals surface area contributed by atoms with Crippen LogP contribution in [0.25, 0.3) is 0 Å². The van der Waals surface area contributed by atoms with E-state index in [1.165, 1.54) is 21.7 Å². The molecular weight excluding hydrogens is 420 g/mol. The van der Waals surface area contributed by atoms with E-state index in [9.17, 15) is 0 Å². The number of thiazole rings is 1. The first-order valence-electron chi connectivity index (χ1n) is 8.77. The zero-order valence-electron chi connectivity index (χ0n) is 15.9. The van der Waals surface area contributed by atoms with Crippen LogP contribution in [0.5, 0.6) is 0 Å². The Balaban J connectivity index is 0.00000210. The molecule has 0 bridgehead atoms. The van der Waals surface area contributed by atoms with Crippen molar-refractivity contribution in [3.8, 4) is 0 Å². The lowest BCUT2D eigenvalue weighted by Gasteiger charge is -2.36. The first kappa shape index (κ1) is 19.7. The third kappa shape index (κ3) is 3.21. The molecule has 3 aromatic rings. The predicted molar refractivity (Wildman–Crippen MR) is 106 cm³/mol. The van der Waals surface area contributed by atoms with Crippen LogP contribution in [0.2, 0.25) is 0 Å². The molecule has 0 N–H and O–H groups in total. The lowest BCUT2D eigenvalue weighted by molar-refractivity contribution is -0.654. The van der Waals surface area contributed by atoms with Gasteiger partial charge in [-0.05, 0) is 36.8 Å². The number of nitrogens with zero attached hydrogens (tertiary/aromatic N) is 4. The van der Waals surface area contributed by atoms with Crippen molar-refractivity contribution >= 4 is 22.2 Å². The highest BCUT2D eigenvalue weighted by Crippen LogP contribution is 2.53. The van der Waals surface area contributed by atoms with E-state index in [2.05, 4.69) is 91.7 Å². The smallest absolute Gasteiger partial charge is 0.408 e. The lowest BCUT2D eigenvalue weighted by atomic mass is 9.84. The van der Waals surface area contributed by atoms with Gasteiger partial charge in [0.25, 0.3) is 0 Å². The van der Waals surface area contributed by atoms with E-state index in [0.29, 0.717) is 0 Å². The number of fused-ring (bicyclic) bond motifs is 1. The molecule has 0 spiro atoms. The van der Waals surface area contributed by atoms with Gasteiger partial charge in [0.1, 0.15) is 12.2 Å². The number of benzene rings is 2. The first-order valence-corrected chi connectivity index (χ1v) is 9.58. The van der Waals surface area contributed by atoms with Gasteiger partial charge >= 0.3 is 5.13 Å². The Bertz CT molecular complexity index is 969. The molecule has 2 atom stereocenters. The van der Waals surface area contributed by atoms with Crippen molar-refractivity contribution in [1.29, 1.82) is 0 Å². The van der Waals surface area contributed by atoms with Crippen molar-refractivity contribution in [2.75, 3.05) is 11.9 Å². The van der Waals surface area contributed by atoms with Crippen LogP contribution in [0, 0.1) is 6.92 Å². The van der Waals surface area contributed by atoms with Gasteiger partial charge in [-0.15, -0.1) is 0 Å². The van der Waals surface area contributed by atoms with Gasteiger partial charge in [-0.25, -0.2) is 4.57 Å². The Morgan fingerprint density at radius 1 is 1.07 bits per heavy atom. The van der Waals surface area contributed by atoms with Gasteiger partial charge in [0.2, 0.25) is 0 Å². The highest BCUT2D eigenvalue weighted by atomic mass is 79.9. The van der Waals surface area contributed by atoms with E-state index >= 15 is 0 Å². The van der Waals surface area contributed by atoms with Gasteiger partial charge < -0.3 is 21.9 Å². The molecule has 6 heteroatoms. The van der Waals surface area contributed by atoms with Gasteiger partial charge in [0.05, 0.1) is 17.7 Å². The standard InChI is InChI=1S/C21H23N4S.BrH/c1-15-14-24(3)20(26-15)23-22-19-17-12-8-9-13-18(17)25(4)21(19,2)16-10-6-5-7-11-16;/h5-14,19H,1-4H3;1H/q+1;/p-1. The average molecular weight is 443 g/mol. The second kappa shape index (κ2) is 7.52. The molecule has 2 heterocycles. The van der Waals surface area contributed by atoms with Crippen molar-refractivity contribution in [2.24, 2.45) is 17.3 Å². The molecule has 0 amide bonds. The average Bonchev–Trinajstić information content (AvgIpc) is 3.09. The highest BCUT2D eigenvalue weighted by molar-refractivity contribution is 7.14. The maximum atomic E-state index is 4.86. The van der Waals surface area contributed by atoms with Gasteiger partial charge in [-0.2, -0.15) is 0 Å². The lowest BCUT2D eigenvalue weighted by Crippen LogP contribution is -3.00. The molecule has 0 saturated carbocycles. The van der Waals surface area contributed by atoms with E-state index in [0.717, 1.165) is 5.13 Å². The summed E-state index contributed by atoms with van der Waals surface area (Å²) in [6.45, 7) is 4.35. The topological polar surface area (TPSA) is 31.8 Å². The Labute approximate surface area is 175 Å². The zero-order chi connectivity index (χ0) is 18.3. The number of rotatable bonds is 3. The number of azo groups is 1. The number of aromatic nitrogens is 1. The van der Waals surface area contributed by atoms with Gasteiger partial charge in [-0.3, -0.25) is 0 Å². The fraction of sp³-hybridized carbons (Fsp3) is 0.286. The molecule has 140 valence electrons. The first-order chi connectivity index (χ1) is 12.5. The molecule has 0 radical (unpaired) electrons. The molecule has 2 unspecified atom stereocenters. The summed E-state index contributed by atoms with van der Waals surface area (Å²) in [5, 5.41) is 10.4. The van der Waals surface area contributed by atoms with E-state index < -0.39 is 0 Å². The summed E-state index contributed by atoms with van der Waals surface area (Å²) in [5.41, 5.74) is 3.41. The Morgan fingerprint density at radius 3 is 2.41 bits per heavy atom. The summed E-state index contributed by atoms with van der Waals surface area (Å²) in [5.74, 6) is 0. The van der Waals surface area contributed by atoms with Crippen LogP contribution in [-0.4, -0.2) is 7.05 Å². The Kier molecular flexibility index (Phi) is 5.49. The minimum absolute atomic E-state index is 0. The number of aryl methyl sites for hydroxylation is 2. The summed E-state index contributed by atoms with van der Waals surface area (Å²) >= 11 is 1.66. The fourth-order valence-corrected chi connectivity index (χ4v) is 4.61. The summed E-state index contributed by atoms with van der Waals surface area (Å²) in [4.78, 5) is 3.57. The molecule has 1 aliphatic heterocycles. The Morgan fingerprint density at radius 2 is 1.74 bits per heavy atom. The van der Waals surface area contributed by atoms with Crippen molar-refractivity contribution in [3.63, 3.8) is 0 Å². The molecule has 4 nitrogen and oxygen atoms in total. The summed E-state index contributed by atoms with van der Waals surface area (Å²) < 4.78 is 2.04. The minimum Gasteiger partial charge on any atom is -1.00 e. The molecule has 1 aromatic heterocycles. The van der Waals surface area contributed by atoms with E-state index in [1.807, 2.05) is 11.6 Å². The number of anilines is 1. The van der Waals surface area contributed by atoms with Crippen molar-refractivity contribution in [1.82, 2.24) is 0 Å².